The van der Waals surface area contributed by atoms with Crippen molar-refractivity contribution in [2.45, 2.75) is 43.7 Å². The highest BCUT2D eigenvalue weighted by atomic mass is 16.5. The van der Waals surface area contributed by atoms with Crippen molar-refractivity contribution in [3.05, 3.63) is 131 Å². The Bertz CT molecular complexity index is 1130. The Morgan fingerprint density at radius 3 is 1.39 bits per heavy atom. The number of ether oxygens (including phenoxy) is 2. The third kappa shape index (κ3) is 3.86. The molecule has 0 unspecified atom stereocenters. The molecule has 4 atom stereocenters. The average molecular weight is 435 g/mol. The fourth-order valence-electron chi connectivity index (χ4n) is 5.48. The summed E-state index contributed by atoms with van der Waals surface area (Å²) in [7, 11) is 0. The molecule has 2 aliphatic rings. The Balaban J connectivity index is 1.36. The predicted molar refractivity (Wildman–Crippen MR) is 127 cm³/mol. The lowest BCUT2D eigenvalue weighted by molar-refractivity contribution is -0.0298. The van der Waals surface area contributed by atoms with Gasteiger partial charge in [0, 0.05) is 24.2 Å². The maximum absolute atomic E-state index is 6.59. The first-order valence-electron chi connectivity index (χ1n) is 11.6. The molecule has 2 bridgehead atoms. The van der Waals surface area contributed by atoms with Crippen molar-refractivity contribution in [2.24, 2.45) is 0 Å². The largest absolute Gasteiger partial charge is 0.367 e. The van der Waals surface area contributed by atoms with Crippen molar-refractivity contribution in [1.29, 1.82) is 0 Å². The molecular formula is C29H26N2O2. The Kier molecular flexibility index (Phi) is 5.46. The van der Waals surface area contributed by atoms with Crippen LogP contribution in [0.3, 0.4) is 0 Å². The van der Waals surface area contributed by atoms with Gasteiger partial charge in [-0.05, 0) is 52.9 Å². The van der Waals surface area contributed by atoms with E-state index < -0.39 is 0 Å². The third-order valence-electron chi connectivity index (χ3n) is 6.92. The average Bonchev–Trinajstić information content (AvgIpc) is 2.89. The molecule has 2 aromatic carbocycles. The summed E-state index contributed by atoms with van der Waals surface area (Å²) >= 11 is 0. The highest BCUT2D eigenvalue weighted by Crippen LogP contribution is 2.58. The van der Waals surface area contributed by atoms with E-state index in [1.54, 1.807) is 0 Å². The number of fused-ring (bicyclic) bond motifs is 6. The van der Waals surface area contributed by atoms with Crippen LogP contribution < -0.4 is 0 Å². The summed E-state index contributed by atoms with van der Waals surface area (Å²) in [5.74, 6) is 0.582. The standard InChI is InChI=1S/C29H26N2O2/c1-3-13-24-22(11-1)26-17-27(28(24)32-18-20-9-5-7-15-30-20)23-12-2-4-14-25(23)29(26)33-19-21-10-6-8-16-31-21/h1-16,26-29H,17-19H2/t26-,27-,28-,29-/m0/s1. The van der Waals surface area contributed by atoms with Crippen LogP contribution in [0.2, 0.25) is 0 Å². The van der Waals surface area contributed by atoms with E-state index in [2.05, 4.69) is 58.5 Å². The lowest BCUT2D eigenvalue weighted by Gasteiger charge is -2.46. The molecule has 0 radical (unpaired) electrons. The molecule has 0 N–H and O–H groups in total. The quantitative estimate of drug-likeness (QED) is 0.358. The van der Waals surface area contributed by atoms with Gasteiger partial charge in [-0.1, -0.05) is 60.7 Å². The highest BCUT2D eigenvalue weighted by molar-refractivity contribution is 5.47. The zero-order chi connectivity index (χ0) is 22.0. The topological polar surface area (TPSA) is 44.2 Å². The second kappa shape index (κ2) is 8.89. The van der Waals surface area contributed by atoms with Gasteiger partial charge in [-0.15, -0.1) is 0 Å². The predicted octanol–water partition coefficient (Wildman–Crippen LogP) is 6.28. The molecule has 6 rings (SSSR count). The first-order valence-corrected chi connectivity index (χ1v) is 11.6. The molecule has 2 aromatic heterocycles. The van der Waals surface area contributed by atoms with Crippen LogP contribution in [0.5, 0.6) is 0 Å². The second-order valence-electron chi connectivity index (χ2n) is 8.81. The lowest BCUT2D eigenvalue weighted by Crippen LogP contribution is -2.33. The lowest BCUT2D eigenvalue weighted by atomic mass is 9.64. The SMILES string of the molecule is c1ccc(CO[C@H]2c3ccccc3[C@@H]3C[C@H]2c2ccccc2[C@@H]3OCc2ccccn2)nc1. The molecule has 0 amide bonds. The molecule has 4 nitrogen and oxygen atoms in total. The molecule has 2 heterocycles. The van der Waals surface area contributed by atoms with Gasteiger partial charge in [0.05, 0.1) is 36.8 Å². The van der Waals surface area contributed by atoms with E-state index in [1.165, 1.54) is 22.3 Å². The maximum Gasteiger partial charge on any atom is 0.0901 e. The minimum absolute atomic E-state index is 0.00246. The van der Waals surface area contributed by atoms with E-state index in [9.17, 15) is 0 Å². The Labute approximate surface area is 194 Å². The van der Waals surface area contributed by atoms with Gasteiger partial charge >= 0.3 is 0 Å². The van der Waals surface area contributed by atoms with E-state index in [-0.39, 0.29) is 12.2 Å². The van der Waals surface area contributed by atoms with Gasteiger partial charge in [0.1, 0.15) is 0 Å². The molecule has 0 saturated carbocycles. The summed E-state index contributed by atoms with van der Waals surface area (Å²) in [6.45, 7) is 1.01. The van der Waals surface area contributed by atoms with Crippen LogP contribution in [0.25, 0.3) is 0 Å². The summed E-state index contributed by atoms with van der Waals surface area (Å²) in [4.78, 5) is 8.91. The highest BCUT2D eigenvalue weighted by Gasteiger charge is 2.45. The summed E-state index contributed by atoms with van der Waals surface area (Å²) < 4.78 is 13.2. The van der Waals surface area contributed by atoms with Crippen LogP contribution in [0.15, 0.2) is 97.3 Å². The monoisotopic (exact) mass is 434 g/mol. The van der Waals surface area contributed by atoms with Crippen molar-refractivity contribution >= 4 is 0 Å². The third-order valence-corrected chi connectivity index (χ3v) is 6.92. The minimum atomic E-state index is -0.00246. The van der Waals surface area contributed by atoms with Gasteiger partial charge in [-0.2, -0.15) is 0 Å². The van der Waals surface area contributed by atoms with E-state index in [0.717, 1.165) is 17.8 Å². The Hall–Kier alpha value is -3.34. The molecule has 0 aliphatic heterocycles. The zero-order valence-electron chi connectivity index (χ0n) is 18.4. The van der Waals surface area contributed by atoms with Crippen molar-refractivity contribution in [2.75, 3.05) is 0 Å². The van der Waals surface area contributed by atoms with Gasteiger partial charge in [0.2, 0.25) is 0 Å². The summed E-state index contributed by atoms with van der Waals surface area (Å²) in [5.41, 5.74) is 7.13. The van der Waals surface area contributed by atoms with Gasteiger partial charge < -0.3 is 9.47 Å². The van der Waals surface area contributed by atoms with Gasteiger partial charge in [0.25, 0.3) is 0 Å². The molecular weight excluding hydrogens is 408 g/mol. The first-order chi connectivity index (χ1) is 16.4. The maximum atomic E-state index is 6.59. The number of hydrogen-bond acceptors (Lipinski definition) is 4. The van der Waals surface area contributed by atoms with E-state index in [4.69, 9.17) is 9.47 Å². The van der Waals surface area contributed by atoms with Crippen molar-refractivity contribution < 1.29 is 9.47 Å². The van der Waals surface area contributed by atoms with Crippen molar-refractivity contribution in [3.63, 3.8) is 0 Å². The number of nitrogens with zero attached hydrogens (tertiary/aromatic N) is 2. The van der Waals surface area contributed by atoms with Gasteiger partial charge in [-0.3, -0.25) is 9.97 Å². The number of rotatable bonds is 6. The van der Waals surface area contributed by atoms with Crippen LogP contribution >= 0.6 is 0 Å². The number of aromatic nitrogens is 2. The fraction of sp³-hybridized carbons (Fsp3) is 0.241. The normalized spacial score (nSPS) is 22.9. The van der Waals surface area contributed by atoms with Crippen LogP contribution in [0.1, 0.15) is 64.1 Å². The molecule has 4 aromatic rings. The van der Waals surface area contributed by atoms with Crippen LogP contribution in [-0.4, -0.2) is 9.97 Å². The molecule has 0 fully saturated rings. The van der Waals surface area contributed by atoms with Gasteiger partial charge in [0.15, 0.2) is 0 Å². The van der Waals surface area contributed by atoms with Gasteiger partial charge in [-0.25, -0.2) is 0 Å². The summed E-state index contributed by atoms with van der Waals surface area (Å²) in [6.07, 6.45) is 4.65. The first kappa shape index (κ1) is 20.3. The summed E-state index contributed by atoms with van der Waals surface area (Å²) in [6, 6.07) is 29.4. The number of benzene rings is 2. The van der Waals surface area contributed by atoms with Crippen LogP contribution in [0.4, 0.5) is 0 Å². The number of hydrogen-bond donors (Lipinski definition) is 0. The molecule has 33 heavy (non-hydrogen) atoms. The molecule has 4 heteroatoms. The summed E-state index contributed by atoms with van der Waals surface area (Å²) in [5, 5.41) is 0. The number of pyridine rings is 2. The van der Waals surface area contributed by atoms with E-state index in [1.807, 2.05) is 48.8 Å². The Morgan fingerprint density at radius 2 is 0.970 bits per heavy atom. The zero-order valence-corrected chi connectivity index (χ0v) is 18.4. The van der Waals surface area contributed by atoms with Crippen LogP contribution in [-0.2, 0) is 22.7 Å². The molecule has 2 aliphatic carbocycles. The molecule has 0 saturated heterocycles. The Morgan fingerprint density at radius 1 is 0.545 bits per heavy atom. The van der Waals surface area contributed by atoms with E-state index >= 15 is 0 Å². The van der Waals surface area contributed by atoms with E-state index in [0.29, 0.717) is 25.0 Å². The van der Waals surface area contributed by atoms with Crippen LogP contribution in [0, 0.1) is 0 Å². The smallest absolute Gasteiger partial charge is 0.0901 e. The molecule has 0 spiro atoms. The minimum Gasteiger partial charge on any atom is -0.367 e. The fourth-order valence-corrected chi connectivity index (χ4v) is 5.48. The second-order valence-corrected chi connectivity index (χ2v) is 8.81. The van der Waals surface area contributed by atoms with Crippen molar-refractivity contribution in [3.8, 4) is 0 Å². The van der Waals surface area contributed by atoms with Crippen molar-refractivity contribution in [1.82, 2.24) is 9.97 Å². The molecule has 164 valence electrons.